The number of hydrogen-bond donors (Lipinski definition) is 1. The smallest absolute Gasteiger partial charge is 0.269 e. The predicted octanol–water partition coefficient (Wildman–Crippen LogP) is 3.76. The van der Waals surface area contributed by atoms with Crippen LogP contribution in [0, 0.1) is 10.1 Å². The number of anilines is 1. The molecule has 0 aliphatic rings. The van der Waals surface area contributed by atoms with Gasteiger partial charge in [0.1, 0.15) is 5.84 Å². The number of nitrogens with zero attached hydrogens (tertiary/aromatic N) is 2. The standard InChI is InChI=1S/C14H13N3O2/c1-11(15-12-5-3-2-4-6-12)16-13-7-9-14(10-8-13)17(18)19/h2-10H,1H3,(H,15,16). The van der Waals surface area contributed by atoms with E-state index in [1.807, 2.05) is 37.3 Å². The lowest BCUT2D eigenvalue weighted by Crippen LogP contribution is -2.06. The van der Waals surface area contributed by atoms with Crippen LogP contribution in [0.25, 0.3) is 0 Å². The highest BCUT2D eigenvalue weighted by molar-refractivity contribution is 5.95. The highest BCUT2D eigenvalue weighted by Crippen LogP contribution is 2.18. The fraction of sp³-hybridized carbons (Fsp3) is 0.0714. The molecule has 1 N–H and O–H groups in total. The maximum atomic E-state index is 10.5. The molecule has 0 heterocycles. The van der Waals surface area contributed by atoms with Crippen LogP contribution in [0.3, 0.4) is 0 Å². The Morgan fingerprint density at radius 3 is 2.32 bits per heavy atom. The van der Waals surface area contributed by atoms with Crippen LogP contribution < -0.4 is 5.32 Å². The van der Waals surface area contributed by atoms with Gasteiger partial charge in [0.25, 0.3) is 5.69 Å². The van der Waals surface area contributed by atoms with Crippen molar-refractivity contribution in [1.29, 1.82) is 0 Å². The van der Waals surface area contributed by atoms with Gasteiger partial charge in [-0.2, -0.15) is 0 Å². The van der Waals surface area contributed by atoms with Crippen LogP contribution in [0.15, 0.2) is 59.6 Å². The van der Waals surface area contributed by atoms with Crippen molar-refractivity contribution in [1.82, 2.24) is 0 Å². The van der Waals surface area contributed by atoms with Crippen molar-refractivity contribution >= 4 is 22.9 Å². The van der Waals surface area contributed by atoms with E-state index in [2.05, 4.69) is 10.3 Å². The fourth-order valence-corrected chi connectivity index (χ4v) is 1.60. The molecule has 2 rings (SSSR count). The second kappa shape index (κ2) is 5.77. The van der Waals surface area contributed by atoms with E-state index in [-0.39, 0.29) is 5.69 Å². The fourth-order valence-electron chi connectivity index (χ4n) is 1.60. The summed E-state index contributed by atoms with van der Waals surface area (Å²) in [5, 5.41) is 13.7. The van der Waals surface area contributed by atoms with Gasteiger partial charge in [-0.3, -0.25) is 10.1 Å². The molecule has 0 unspecified atom stereocenters. The minimum absolute atomic E-state index is 0.0626. The molecular formula is C14H13N3O2. The summed E-state index contributed by atoms with van der Waals surface area (Å²) in [5.41, 5.74) is 1.69. The number of nitro groups is 1. The van der Waals surface area contributed by atoms with E-state index in [1.54, 1.807) is 12.1 Å². The Morgan fingerprint density at radius 1 is 1.11 bits per heavy atom. The average Bonchev–Trinajstić information content (AvgIpc) is 2.40. The van der Waals surface area contributed by atoms with Crippen molar-refractivity contribution in [2.45, 2.75) is 6.92 Å². The molecule has 0 amide bonds. The summed E-state index contributed by atoms with van der Waals surface area (Å²) in [5.74, 6) is 0.722. The first-order chi connectivity index (χ1) is 9.15. The minimum atomic E-state index is -0.428. The van der Waals surface area contributed by atoms with Gasteiger partial charge in [-0.05, 0) is 31.2 Å². The number of nitro benzene ring substituents is 1. The second-order valence-electron chi connectivity index (χ2n) is 3.96. The third-order valence-electron chi connectivity index (χ3n) is 2.46. The molecule has 0 spiro atoms. The van der Waals surface area contributed by atoms with Crippen molar-refractivity contribution in [3.8, 4) is 0 Å². The number of hydrogen-bond acceptors (Lipinski definition) is 3. The van der Waals surface area contributed by atoms with Gasteiger partial charge in [0, 0.05) is 17.8 Å². The molecular weight excluding hydrogens is 242 g/mol. The molecule has 0 aliphatic heterocycles. The zero-order valence-corrected chi connectivity index (χ0v) is 10.4. The molecule has 0 aromatic heterocycles. The van der Waals surface area contributed by atoms with Gasteiger partial charge in [0.05, 0.1) is 10.6 Å². The third-order valence-corrected chi connectivity index (χ3v) is 2.46. The summed E-state index contributed by atoms with van der Waals surface area (Å²) in [6.45, 7) is 1.84. The molecule has 0 saturated carbocycles. The van der Waals surface area contributed by atoms with Crippen molar-refractivity contribution in [3.63, 3.8) is 0 Å². The number of nitrogens with one attached hydrogen (secondary N) is 1. The topological polar surface area (TPSA) is 67.5 Å². The Morgan fingerprint density at radius 2 is 1.74 bits per heavy atom. The molecule has 5 nitrogen and oxygen atoms in total. The molecule has 0 aliphatic carbocycles. The SMILES string of the molecule is CC(=Nc1ccc([N+](=O)[O-])cc1)Nc1ccccc1. The predicted molar refractivity (Wildman–Crippen MR) is 75.9 cm³/mol. The molecule has 0 saturated heterocycles. The van der Waals surface area contributed by atoms with Gasteiger partial charge in [-0.1, -0.05) is 18.2 Å². The van der Waals surface area contributed by atoms with E-state index in [0.717, 1.165) is 11.5 Å². The molecule has 5 heteroatoms. The number of benzene rings is 2. The monoisotopic (exact) mass is 255 g/mol. The number of rotatable bonds is 3. The summed E-state index contributed by atoms with van der Waals surface area (Å²) >= 11 is 0. The summed E-state index contributed by atoms with van der Waals surface area (Å²) in [7, 11) is 0. The Labute approximate surface area is 110 Å². The highest BCUT2D eigenvalue weighted by Gasteiger charge is 2.03. The third kappa shape index (κ3) is 3.64. The van der Waals surface area contributed by atoms with Crippen LogP contribution in [0.2, 0.25) is 0 Å². The second-order valence-corrected chi connectivity index (χ2v) is 3.96. The van der Waals surface area contributed by atoms with Crippen molar-refractivity contribution in [2.24, 2.45) is 4.99 Å². The first-order valence-corrected chi connectivity index (χ1v) is 5.77. The van der Waals surface area contributed by atoms with E-state index < -0.39 is 4.92 Å². The first-order valence-electron chi connectivity index (χ1n) is 5.77. The summed E-state index contributed by atoms with van der Waals surface area (Å²) in [6, 6.07) is 15.8. The number of aliphatic imine (C=N–C) groups is 1. The zero-order valence-electron chi connectivity index (χ0n) is 10.4. The van der Waals surface area contributed by atoms with Gasteiger partial charge < -0.3 is 5.32 Å². The first kappa shape index (κ1) is 12.8. The van der Waals surface area contributed by atoms with Crippen LogP contribution in [0.5, 0.6) is 0 Å². The van der Waals surface area contributed by atoms with Gasteiger partial charge in [-0.15, -0.1) is 0 Å². The number of para-hydroxylation sites is 1. The summed E-state index contributed by atoms with van der Waals surface area (Å²) in [6.07, 6.45) is 0. The van der Waals surface area contributed by atoms with Gasteiger partial charge in [-0.25, -0.2) is 4.99 Å². The number of non-ortho nitro benzene ring substituents is 1. The Bertz CT molecular complexity index is 592. The molecule has 96 valence electrons. The zero-order chi connectivity index (χ0) is 13.7. The molecule has 0 radical (unpaired) electrons. The maximum Gasteiger partial charge on any atom is 0.269 e. The number of amidine groups is 1. The lowest BCUT2D eigenvalue weighted by Gasteiger charge is -2.05. The largest absolute Gasteiger partial charge is 0.344 e. The molecule has 0 fully saturated rings. The van der Waals surface area contributed by atoms with Crippen molar-refractivity contribution in [3.05, 3.63) is 64.7 Å². The van der Waals surface area contributed by atoms with E-state index in [1.165, 1.54) is 12.1 Å². The molecule has 2 aromatic rings. The van der Waals surface area contributed by atoms with Crippen LogP contribution in [-0.4, -0.2) is 10.8 Å². The average molecular weight is 255 g/mol. The minimum Gasteiger partial charge on any atom is -0.344 e. The van der Waals surface area contributed by atoms with Crippen LogP contribution in [-0.2, 0) is 0 Å². The molecule has 0 bridgehead atoms. The summed E-state index contributed by atoms with van der Waals surface area (Å²) in [4.78, 5) is 14.4. The molecule has 2 aromatic carbocycles. The quantitative estimate of drug-likeness (QED) is 0.393. The van der Waals surface area contributed by atoms with E-state index in [9.17, 15) is 10.1 Å². The Kier molecular flexibility index (Phi) is 3.87. The van der Waals surface area contributed by atoms with Crippen LogP contribution in [0.1, 0.15) is 6.92 Å². The van der Waals surface area contributed by atoms with Gasteiger partial charge >= 0.3 is 0 Å². The Balaban J connectivity index is 2.10. The summed E-state index contributed by atoms with van der Waals surface area (Å²) < 4.78 is 0. The molecule has 0 atom stereocenters. The van der Waals surface area contributed by atoms with Crippen molar-refractivity contribution < 1.29 is 4.92 Å². The highest BCUT2D eigenvalue weighted by atomic mass is 16.6. The van der Waals surface area contributed by atoms with Gasteiger partial charge in [0.15, 0.2) is 0 Å². The molecule has 19 heavy (non-hydrogen) atoms. The van der Waals surface area contributed by atoms with Crippen LogP contribution >= 0.6 is 0 Å². The Hall–Kier alpha value is -2.69. The van der Waals surface area contributed by atoms with Gasteiger partial charge in [0.2, 0.25) is 0 Å². The normalized spacial score (nSPS) is 11.1. The lowest BCUT2D eigenvalue weighted by molar-refractivity contribution is -0.384. The lowest BCUT2D eigenvalue weighted by atomic mass is 10.3. The van der Waals surface area contributed by atoms with E-state index in [0.29, 0.717) is 5.69 Å². The van der Waals surface area contributed by atoms with Crippen molar-refractivity contribution in [2.75, 3.05) is 5.32 Å². The van der Waals surface area contributed by atoms with E-state index >= 15 is 0 Å². The maximum absolute atomic E-state index is 10.5. The van der Waals surface area contributed by atoms with Crippen LogP contribution in [0.4, 0.5) is 17.1 Å². The van der Waals surface area contributed by atoms with E-state index in [4.69, 9.17) is 0 Å².